The van der Waals surface area contributed by atoms with Crippen molar-refractivity contribution in [1.29, 1.82) is 0 Å². The first-order valence-corrected chi connectivity index (χ1v) is 9.86. The average Bonchev–Trinajstić information content (AvgIpc) is 3.05. The maximum absolute atomic E-state index is 13.2. The van der Waals surface area contributed by atoms with Gasteiger partial charge in [-0.2, -0.15) is 0 Å². The average molecular weight is 342 g/mol. The largest absolute Gasteiger partial charge is 0.339 e. The third-order valence-electron chi connectivity index (χ3n) is 5.59. The fraction of sp³-hybridized carbons (Fsp3) is 0.619. The molecule has 25 heavy (non-hydrogen) atoms. The normalized spacial score (nSPS) is 21.6. The minimum Gasteiger partial charge on any atom is -0.339 e. The molecule has 0 bridgehead atoms. The summed E-state index contributed by atoms with van der Waals surface area (Å²) in [5.41, 5.74) is 0.949. The predicted molar refractivity (Wildman–Crippen MR) is 100 cm³/mol. The van der Waals surface area contributed by atoms with E-state index in [0.717, 1.165) is 37.9 Å². The molecule has 4 heteroatoms. The number of likely N-dealkylation sites (tertiary alicyclic amines) is 1. The van der Waals surface area contributed by atoms with Crippen LogP contribution in [0.4, 0.5) is 5.69 Å². The molecule has 2 aliphatic rings. The number of rotatable bonds is 6. The van der Waals surface area contributed by atoms with Crippen LogP contribution in [0.5, 0.6) is 0 Å². The SMILES string of the molecule is CCCCN(C(=O)C1CC(=O)N(C2CCCCC2)C1)c1ccccc1. The minimum atomic E-state index is -0.188. The first-order valence-electron chi connectivity index (χ1n) is 9.86. The number of carbonyl (C=O) groups excluding carboxylic acids is 2. The number of benzene rings is 1. The lowest BCUT2D eigenvalue weighted by Crippen LogP contribution is -2.41. The van der Waals surface area contributed by atoms with E-state index < -0.39 is 0 Å². The van der Waals surface area contributed by atoms with Gasteiger partial charge in [-0.25, -0.2) is 0 Å². The second kappa shape index (κ2) is 8.50. The number of nitrogens with zero attached hydrogens (tertiary/aromatic N) is 2. The van der Waals surface area contributed by atoms with Crippen molar-refractivity contribution in [2.24, 2.45) is 5.92 Å². The van der Waals surface area contributed by atoms with Crippen LogP contribution in [0.2, 0.25) is 0 Å². The maximum Gasteiger partial charge on any atom is 0.232 e. The van der Waals surface area contributed by atoms with E-state index >= 15 is 0 Å². The number of hydrogen-bond donors (Lipinski definition) is 0. The lowest BCUT2D eigenvalue weighted by Gasteiger charge is -2.31. The molecule has 1 unspecified atom stereocenters. The summed E-state index contributed by atoms with van der Waals surface area (Å²) in [6.07, 6.45) is 8.31. The van der Waals surface area contributed by atoms with Gasteiger partial charge in [0.1, 0.15) is 0 Å². The predicted octanol–water partition coefficient (Wildman–Crippen LogP) is 4.00. The zero-order chi connectivity index (χ0) is 17.6. The van der Waals surface area contributed by atoms with E-state index in [-0.39, 0.29) is 17.7 Å². The van der Waals surface area contributed by atoms with Gasteiger partial charge < -0.3 is 9.80 Å². The van der Waals surface area contributed by atoms with Crippen LogP contribution in [0.15, 0.2) is 30.3 Å². The molecule has 3 rings (SSSR count). The highest BCUT2D eigenvalue weighted by Crippen LogP contribution is 2.30. The van der Waals surface area contributed by atoms with Gasteiger partial charge in [-0.3, -0.25) is 9.59 Å². The van der Waals surface area contributed by atoms with Crippen LogP contribution < -0.4 is 4.90 Å². The van der Waals surface area contributed by atoms with Crippen molar-refractivity contribution in [1.82, 2.24) is 4.90 Å². The highest BCUT2D eigenvalue weighted by atomic mass is 16.2. The van der Waals surface area contributed by atoms with E-state index in [9.17, 15) is 9.59 Å². The summed E-state index contributed by atoms with van der Waals surface area (Å²) in [7, 11) is 0. The van der Waals surface area contributed by atoms with Gasteiger partial charge in [-0.15, -0.1) is 0 Å². The number of amides is 2. The second-order valence-corrected chi connectivity index (χ2v) is 7.42. The summed E-state index contributed by atoms with van der Waals surface area (Å²) >= 11 is 0. The Balaban J connectivity index is 1.70. The summed E-state index contributed by atoms with van der Waals surface area (Å²) in [6.45, 7) is 3.48. The van der Waals surface area contributed by atoms with Crippen molar-refractivity contribution < 1.29 is 9.59 Å². The van der Waals surface area contributed by atoms with Gasteiger partial charge in [0, 0.05) is 31.2 Å². The zero-order valence-electron chi connectivity index (χ0n) is 15.3. The lowest BCUT2D eigenvalue weighted by atomic mass is 9.94. The fourth-order valence-corrected chi connectivity index (χ4v) is 4.15. The van der Waals surface area contributed by atoms with E-state index in [1.165, 1.54) is 19.3 Å². The van der Waals surface area contributed by atoms with E-state index in [2.05, 4.69) is 6.92 Å². The van der Waals surface area contributed by atoms with E-state index in [1.807, 2.05) is 40.1 Å². The van der Waals surface area contributed by atoms with Crippen molar-refractivity contribution in [2.45, 2.75) is 64.3 Å². The Bertz CT molecular complexity index is 581. The minimum absolute atomic E-state index is 0.117. The summed E-state index contributed by atoms with van der Waals surface area (Å²) in [4.78, 5) is 29.6. The van der Waals surface area contributed by atoms with E-state index in [1.54, 1.807) is 0 Å². The van der Waals surface area contributed by atoms with Crippen LogP contribution >= 0.6 is 0 Å². The fourth-order valence-electron chi connectivity index (χ4n) is 4.15. The number of anilines is 1. The highest BCUT2D eigenvalue weighted by molar-refractivity contribution is 5.99. The van der Waals surface area contributed by atoms with Crippen molar-refractivity contribution >= 4 is 17.5 Å². The number of para-hydroxylation sites is 1. The zero-order valence-corrected chi connectivity index (χ0v) is 15.3. The van der Waals surface area contributed by atoms with Crippen LogP contribution in [0.3, 0.4) is 0 Å². The lowest BCUT2D eigenvalue weighted by molar-refractivity contribution is -0.130. The molecular formula is C21H30N2O2. The Hall–Kier alpha value is -1.84. The van der Waals surface area contributed by atoms with Crippen LogP contribution in [-0.4, -0.2) is 35.8 Å². The third kappa shape index (κ3) is 4.23. The topological polar surface area (TPSA) is 40.6 Å². The van der Waals surface area contributed by atoms with Crippen LogP contribution in [0, 0.1) is 5.92 Å². The highest BCUT2D eigenvalue weighted by Gasteiger charge is 2.39. The molecule has 0 aromatic heterocycles. The first-order chi connectivity index (χ1) is 12.2. The Labute approximate surface area is 151 Å². The molecule has 1 saturated carbocycles. The van der Waals surface area contributed by atoms with Gasteiger partial charge in [0.05, 0.1) is 5.92 Å². The van der Waals surface area contributed by atoms with Gasteiger partial charge >= 0.3 is 0 Å². The van der Waals surface area contributed by atoms with Gasteiger partial charge in [-0.1, -0.05) is 50.8 Å². The molecule has 1 saturated heterocycles. The summed E-state index contributed by atoms with van der Waals surface area (Å²) in [5, 5.41) is 0. The van der Waals surface area contributed by atoms with Crippen molar-refractivity contribution in [2.75, 3.05) is 18.0 Å². The smallest absolute Gasteiger partial charge is 0.232 e. The molecule has 1 heterocycles. The Morgan fingerprint density at radius 3 is 2.56 bits per heavy atom. The standard InChI is InChI=1S/C21H30N2O2/c1-2-3-14-22(18-10-6-4-7-11-18)21(25)17-15-20(24)23(16-17)19-12-8-5-9-13-19/h4,6-7,10-11,17,19H,2-3,5,8-9,12-16H2,1H3. The van der Waals surface area contributed by atoms with Crippen molar-refractivity contribution in [3.05, 3.63) is 30.3 Å². The monoisotopic (exact) mass is 342 g/mol. The molecule has 1 aromatic rings. The first kappa shape index (κ1) is 18.0. The summed E-state index contributed by atoms with van der Waals surface area (Å²) in [6, 6.07) is 10.2. The molecule has 1 atom stereocenters. The van der Waals surface area contributed by atoms with Gasteiger partial charge in [0.2, 0.25) is 11.8 Å². The summed E-state index contributed by atoms with van der Waals surface area (Å²) in [5.74, 6) is 0.103. The Morgan fingerprint density at radius 1 is 1.16 bits per heavy atom. The van der Waals surface area contributed by atoms with E-state index in [0.29, 0.717) is 19.0 Å². The molecule has 1 aliphatic carbocycles. The Morgan fingerprint density at radius 2 is 1.88 bits per heavy atom. The van der Waals surface area contributed by atoms with Gasteiger partial charge in [0.15, 0.2) is 0 Å². The van der Waals surface area contributed by atoms with Gasteiger partial charge in [-0.05, 0) is 31.4 Å². The number of carbonyl (C=O) groups is 2. The van der Waals surface area contributed by atoms with Crippen molar-refractivity contribution in [3.63, 3.8) is 0 Å². The number of hydrogen-bond acceptors (Lipinski definition) is 2. The quantitative estimate of drug-likeness (QED) is 0.784. The molecular weight excluding hydrogens is 312 g/mol. The van der Waals surface area contributed by atoms with Crippen LogP contribution in [0.1, 0.15) is 58.3 Å². The third-order valence-corrected chi connectivity index (χ3v) is 5.59. The Kier molecular flexibility index (Phi) is 6.11. The molecule has 0 radical (unpaired) electrons. The van der Waals surface area contributed by atoms with Crippen molar-refractivity contribution in [3.8, 4) is 0 Å². The molecule has 4 nitrogen and oxygen atoms in total. The van der Waals surface area contributed by atoms with Crippen LogP contribution in [-0.2, 0) is 9.59 Å². The number of unbranched alkanes of at least 4 members (excludes halogenated alkanes) is 1. The molecule has 1 aliphatic heterocycles. The molecule has 2 fully saturated rings. The van der Waals surface area contributed by atoms with Crippen LogP contribution in [0.25, 0.3) is 0 Å². The molecule has 2 amide bonds. The molecule has 1 aromatic carbocycles. The second-order valence-electron chi connectivity index (χ2n) is 7.42. The van der Waals surface area contributed by atoms with Gasteiger partial charge in [0.25, 0.3) is 0 Å². The van der Waals surface area contributed by atoms with E-state index in [4.69, 9.17) is 0 Å². The molecule has 136 valence electrons. The molecule has 0 N–H and O–H groups in total. The summed E-state index contributed by atoms with van der Waals surface area (Å²) < 4.78 is 0. The molecule has 0 spiro atoms. The maximum atomic E-state index is 13.2.